The van der Waals surface area contributed by atoms with Crippen LogP contribution < -0.4 is 20.7 Å². The zero-order valence-corrected chi connectivity index (χ0v) is 17.4. The highest BCUT2D eigenvalue weighted by Gasteiger charge is 2.10. The molecule has 3 aromatic carbocycles. The van der Waals surface area contributed by atoms with Crippen molar-refractivity contribution in [3.05, 3.63) is 83.9 Å². The van der Waals surface area contributed by atoms with E-state index in [1.807, 2.05) is 32.0 Å². The van der Waals surface area contributed by atoms with Crippen molar-refractivity contribution in [2.45, 2.75) is 26.5 Å². The lowest BCUT2D eigenvalue weighted by Crippen LogP contribution is -2.34. The van der Waals surface area contributed by atoms with Crippen LogP contribution in [0.15, 0.2) is 72.8 Å². The first-order valence-corrected chi connectivity index (χ1v) is 9.90. The molecule has 0 aromatic heterocycles. The molecule has 4 N–H and O–H groups in total. The molecule has 0 unspecified atom stereocenters. The van der Waals surface area contributed by atoms with E-state index in [0.29, 0.717) is 34.0 Å². The van der Waals surface area contributed by atoms with Crippen LogP contribution in [-0.2, 0) is 6.61 Å². The van der Waals surface area contributed by atoms with Gasteiger partial charge in [0.05, 0.1) is 6.61 Å². The van der Waals surface area contributed by atoms with Crippen LogP contribution in [0.5, 0.6) is 11.5 Å². The van der Waals surface area contributed by atoms with E-state index >= 15 is 0 Å². The number of urea groups is 1. The molecule has 0 spiro atoms. The Morgan fingerprint density at radius 2 is 1.58 bits per heavy atom. The van der Waals surface area contributed by atoms with Gasteiger partial charge in [0.1, 0.15) is 11.5 Å². The van der Waals surface area contributed by atoms with Crippen molar-refractivity contribution in [1.82, 2.24) is 5.32 Å². The van der Waals surface area contributed by atoms with Crippen molar-refractivity contribution < 1.29 is 19.4 Å². The van der Waals surface area contributed by atoms with Crippen LogP contribution in [0.25, 0.3) is 0 Å². The minimum absolute atomic E-state index is 0.000584. The van der Waals surface area contributed by atoms with Gasteiger partial charge < -0.3 is 25.8 Å². The molecule has 0 saturated heterocycles. The number of carbonyl (C=O) groups is 2. The molecule has 0 atom stereocenters. The van der Waals surface area contributed by atoms with E-state index in [0.717, 1.165) is 0 Å². The van der Waals surface area contributed by atoms with Gasteiger partial charge in [-0.1, -0.05) is 18.2 Å². The van der Waals surface area contributed by atoms with Gasteiger partial charge in [-0.25, -0.2) is 4.79 Å². The van der Waals surface area contributed by atoms with E-state index in [2.05, 4.69) is 16.0 Å². The molecular weight excluding hydrogens is 394 g/mol. The second-order valence-corrected chi connectivity index (χ2v) is 7.18. The quantitative estimate of drug-likeness (QED) is 0.444. The number of aliphatic hydroxyl groups is 1. The highest BCUT2D eigenvalue weighted by Crippen LogP contribution is 2.27. The van der Waals surface area contributed by atoms with Gasteiger partial charge in [0.25, 0.3) is 5.91 Å². The Hall–Kier alpha value is -3.84. The van der Waals surface area contributed by atoms with Gasteiger partial charge in [-0.15, -0.1) is 0 Å². The molecular formula is C24H25N3O4. The van der Waals surface area contributed by atoms with Gasteiger partial charge >= 0.3 is 6.03 Å². The van der Waals surface area contributed by atoms with E-state index in [1.54, 1.807) is 54.6 Å². The van der Waals surface area contributed by atoms with E-state index in [1.165, 1.54) is 0 Å². The average Bonchev–Trinajstić information content (AvgIpc) is 2.76. The lowest BCUT2D eigenvalue weighted by molar-refractivity contribution is 0.102. The molecule has 3 amide bonds. The number of ether oxygens (including phenoxy) is 1. The number of nitrogens with one attached hydrogen (secondary N) is 3. The Morgan fingerprint density at radius 3 is 2.23 bits per heavy atom. The van der Waals surface area contributed by atoms with Crippen LogP contribution in [0.2, 0.25) is 0 Å². The SMILES string of the molecule is CC(C)NC(=O)Nc1ccc(Oc2ccc(NC(=O)c3ccccc3)cc2)cc1CO. The lowest BCUT2D eigenvalue weighted by Gasteiger charge is -2.14. The van der Waals surface area contributed by atoms with Crippen LogP contribution >= 0.6 is 0 Å². The number of hydrogen-bond donors (Lipinski definition) is 4. The third-order valence-electron chi connectivity index (χ3n) is 4.30. The molecule has 3 rings (SSSR count). The molecule has 0 aliphatic carbocycles. The Labute approximate surface area is 181 Å². The molecule has 31 heavy (non-hydrogen) atoms. The minimum atomic E-state index is -0.341. The van der Waals surface area contributed by atoms with Gasteiger partial charge in [0.15, 0.2) is 0 Å². The Balaban J connectivity index is 1.64. The predicted octanol–water partition coefficient (Wildman–Crippen LogP) is 4.75. The maximum atomic E-state index is 12.2. The first-order chi connectivity index (χ1) is 14.9. The largest absolute Gasteiger partial charge is 0.457 e. The summed E-state index contributed by atoms with van der Waals surface area (Å²) >= 11 is 0. The maximum absolute atomic E-state index is 12.2. The first kappa shape index (κ1) is 21.9. The highest BCUT2D eigenvalue weighted by atomic mass is 16.5. The zero-order chi connectivity index (χ0) is 22.2. The van der Waals surface area contributed by atoms with Crippen molar-refractivity contribution in [3.63, 3.8) is 0 Å². The van der Waals surface area contributed by atoms with Gasteiger partial charge in [0, 0.05) is 28.5 Å². The van der Waals surface area contributed by atoms with Crippen LogP contribution in [0.4, 0.5) is 16.2 Å². The number of amides is 3. The molecule has 0 fully saturated rings. The summed E-state index contributed by atoms with van der Waals surface area (Å²) in [5, 5.41) is 17.9. The fourth-order valence-corrected chi connectivity index (χ4v) is 2.84. The topological polar surface area (TPSA) is 99.7 Å². The summed E-state index contributed by atoms with van der Waals surface area (Å²) in [6.07, 6.45) is 0. The molecule has 0 radical (unpaired) electrons. The van der Waals surface area contributed by atoms with Gasteiger partial charge in [-0.05, 0) is 68.4 Å². The molecule has 160 valence electrons. The first-order valence-electron chi connectivity index (χ1n) is 9.90. The number of benzene rings is 3. The molecule has 0 heterocycles. The van der Waals surface area contributed by atoms with Crippen molar-refractivity contribution in [2.75, 3.05) is 10.6 Å². The van der Waals surface area contributed by atoms with E-state index in [4.69, 9.17) is 4.74 Å². The number of hydrogen-bond acceptors (Lipinski definition) is 4. The fourth-order valence-electron chi connectivity index (χ4n) is 2.84. The molecule has 3 aromatic rings. The van der Waals surface area contributed by atoms with Gasteiger partial charge in [0.2, 0.25) is 0 Å². The monoisotopic (exact) mass is 419 g/mol. The third kappa shape index (κ3) is 6.32. The Morgan fingerprint density at radius 1 is 0.903 bits per heavy atom. The Bertz CT molecular complexity index is 1030. The molecule has 7 nitrogen and oxygen atoms in total. The minimum Gasteiger partial charge on any atom is -0.457 e. The number of aliphatic hydroxyl groups excluding tert-OH is 1. The van der Waals surface area contributed by atoms with Gasteiger partial charge in [-0.3, -0.25) is 4.79 Å². The molecule has 0 saturated carbocycles. The third-order valence-corrected chi connectivity index (χ3v) is 4.30. The summed E-state index contributed by atoms with van der Waals surface area (Å²) in [5.41, 5.74) is 2.26. The van der Waals surface area contributed by atoms with Crippen molar-refractivity contribution in [1.29, 1.82) is 0 Å². The van der Waals surface area contributed by atoms with Crippen LogP contribution in [0.1, 0.15) is 29.8 Å². The number of carbonyl (C=O) groups excluding carboxylic acids is 2. The predicted molar refractivity (Wildman–Crippen MR) is 121 cm³/mol. The van der Waals surface area contributed by atoms with Gasteiger partial charge in [-0.2, -0.15) is 0 Å². The normalized spacial score (nSPS) is 10.5. The summed E-state index contributed by atoms with van der Waals surface area (Å²) in [6, 6.07) is 20.6. The smallest absolute Gasteiger partial charge is 0.319 e. The molecule has 7 heteroatoms. The Kier molecular flexibility index (Phi) is 7.24. The molecule has 0 bridgehead atoms. The van der Waals surface area contributed by atoms with Crippen LogP contribution in [0.3, 0.4) is 0 Å². The van der Waals surface area contributed by atoms with Crippen molar-refractivity contribution in [3.8, 4) is 11.5 Å². The van der Waals surface area contributed by atoms with Crippen LogP contribution in [0, 0.1) is 0 Å². The highest BCUT2D eigenvalue weighted by molar-refractivity contribution is 6.04. The average molecular weight is 419 g/mol. The van der Waals surface area contributed by atoms with Crippen LogP contribution in [-0.4, -0.2) is 23.1 Å². The second-order valence-electron chi connectivity index (χ2n) is 7.18. The fraction of sp³-hybridized carbons (Fsp3) is 0.167. The van der Waals surface area contributed by atoms with E-state index in [-0.39, 0.29) is 24.6 Å². The summed E-state index contributed by atoms with van der Waals surface area (Å²) in [7, 11) is 0. The molecule has 0 aliphatic heterocycles. The zero-order valence-electron chi connectivity index (χ0n) is 17.4. The van der Waals surface area contributed by atoms with E-state index in [9.17, 15) is 14.7 Å². The molecule has 0 aliphatic rings. The summed E-state index contributed by atoms with van der Waals surface area (Å²) in [5.74, 6) is 0.895. The second kappa shape index (κ2) is 10.3. The van der Waals surface area contributed by atoms with Crippen molar-refractivity contribution in [2.24, 2.45) is 0 Å². The maximum Gasteiger partial charge on any atom is 0.319 e. The number of rotatable bonds is 7. The lowest BCUT2D eigenvalue weighted by atomic mass is 10.1. The summed E-state index contributed by atoms with van der Waals surface area (Å²) in [6.45, 7) is 3.47. The summed E-state index contributed by atoms with van der Waals surface area (Å²) in [4.78, 5) is 24.1. The van der Waals surface area contributed by atoms with Crippen molar-refractivity contribution >= 4 is 23.3 Å². The summed E-state index contributed by atoms with van der Waals surface area (Å²) < 4.78 is 5.84. The van der Waals surface area contributed by atoms with E-state index < -0.39 is 0 Å². The standard InChI is InChI=1S/C24H25N3O4/c1-16(2)25-24(30)27-22-13-12-21(14-18(22)15-28)31-20-10-8-19(9-11-20)26-23(29)17-6-4-3-5-7-17/h3-14,16,28H,15H2,1-2H3,(H,26,29)(H2,25,27,30). The number of anilines is 2.